The second-order valence-corrected chi connectivity index (χ2v) is 3.62. The largest absolute Gasteiger partial charge is 0.355 e. The molecule has 2 aromatic heterocycles. The Labute approximate surface area is 82.2 Å². The molecular weight excluding hydrogens is 176 g/mol. The third kappa shape index (κ3) is 1.14. The monoisotopic (exact) mass is 188 g/mol. The van der Waals surface area contributed by atoms with Crippen molar-refractivity contribution in [3.05, 3.63) is 24.5 Å². The van der Waals surface area contributed by atoms with Crippen molar-refractivity contribution in [1.29, 1.82) is 0 Å². The molecule has 1 aliphatic heterocycles. The Morgan fingerprint density at radius 1 is 1.21 bits per heavy atom. The molecule has 3 heterocycles. The van der Waals surface area contributed by atoms with Crippen LogP contribution in [-0.4, -0.2) is 27.7 Å². The van der Waals surface area contributed by atoms with Crippen molar-refractivity contribution >= 4 is 11.5 Å². The molecule has 14 heavy (non-hydrogen) atoms. The highest BCUT2D eigenvalue weighted by Gasteiger charge is 2.15. The van der Waals surface area contributed by atoms with Crippen molar-refractivity contribution in [2.24, 2.45) is 0 Å². The second kappa shape index (κ2) is 2.97. The van der Waals surface area contributed by atoms with Crippen LogP contribution < -0.4 is 4.90 Å². The molecule has 1 fully saturated rings. The normalized spacial score (nSPS) is 16.7. The molecule has 0 N–H and O–H groups in total. The van der Waals surface area contributed by atoms with Crippen LogP contribution in [0.1, 0.15) is 12.8 Å². The predicted octanol–water partition coefficient (Wildman–Crippen LogP) is 1.33. The van der Waals surface area contributed by atoms with Crippen molar-refractivity contribution in [2.75, 3.05) is 18.0 Å². The smallest absolute Gasteiger partial charge is 0.157 e. The predicted molar refractivity (Wildman–Crippen MR) is 54.4 cm³/mol. The van der Waals surface area contributed by atoms with Crippen LogP contribution in [0.25, 0.3) is 5.65 Å². The third-order valence-electron chi connectivity index (χ3n) is 2.65. The van der Waals surface area contributed by atoms with Gasteiger partial charge in [-0.2, -0.15) is 0 Å². The highest BCUT2D eigenvalue weighted by atomic mass is 15.3. The van der Waals surface area contributed by atoms with Crippen molar-refractivity contribution in [1.82, 2.24) is 14.6 Å². The second-order valence-electron chi connectivity index (χ2n) is 3.62. The lowest BCUT2D eigenvalue weighted by atomic mass is 10.4. The number of hydrogen-bond acceptors (Lipinski definition) is 3. The van der Waals surface area contributed by atoms with Crippen LogP contribution in [0.15, 0.2) is 24.5 Å². The van der Waals surface area contributed by atoms with E-state index in [-0.39, 0.29) is 0 Å². The fourth-order valence-electron chi connectivity index (χ4n) is 1.92. The first-order valence-corrected chi connectivity index (χ1v) is 4.99. The molecule has 1 saturated heterocycles. The summed E-state index contributed by atoms with van der Waals surface area (Å²) in [6.45, 7) is 2.26. The van der Waals surface area contributed by atoms with Gasteiger partial charge in [0, 0.05) is 31.5 Å². The molecule has 72 valence electrons. The van der Waals surface area contributed by atoms with Crippen LogP contribution in [0.4, 0.5) is 5.82 Å². The standard InChI is InChI=1S/C10H12N4/c1-2-6-13(5-1)10-8-9-11-4-3-7-14(9)12-10/h3-4,7-8H,1-2,5-6H2. The highest BCUT2D eigenvalue weighted by molar-refractivity contribution is 5.52. The summed E-state index contributed by atoms with van der Waals surface area (Å²) in [5.41, 5.74) is 0.925. The van der Waals surface area contributed by atoms with Crippen LogP contribution in [-0.2, 0) is 0 Å². The topological polar surface area (TPSA) is 33.4 Å². The van der Waals surface area contributed by atoms with Crippen LogP contribution in [0.3, 0.4) is 0 Å². The first kappa shape index (κ1) is 7.79. The van der Waals surface area contributed by atoms with Crippen molar-refractivity contribution < 1.29 is 0 Å². The Hall–Kier alpha value is -1.58. The van der Waals surface area contributed by atoms with E-state index in [9.17, 15) is 0 Å². The maximum atomic E-state index is 4.47. The molecule has 0 saturated carbocycles. The van der Waals surface area contributed by atoms with Crippen molar-refractivity contribution in [3.63, 3.8) is 0 Å². The summed E-state index contributed by atoms with van der Waals surface area (Å²) in [7, 11) is 0. The summed E-state index contributed by atoms with van der Waals surface area (Å²) in [5, 5.41) is 4.47. The zero-order valence-corrected chi connectivity index (χ0v) is 7.93. The summed E-state index contributed by atoms with van der Waals surface area (Å²) in [5.74, 6) is 1.06. The molecule has 0 spiro atoms. The van der Waals surface area contributed by atoms with Gasteiger partial charge in [-0.25, -0.2) is 9.50 Å². The van der Waals surface area contributed by atoms with Crippen LogP contribution in [0, 0.1) is 0 Å². The first-order chi connectivity index (χ1) is 6.93. The Morgan fingerprint density at radius 2 is 2.07 bits per heavy atom. The fourth-order valence-corrected chi connectivity index (χ4v) is 1.92. The Morgan fingerprint density at radius 3 is 2.86 bits per heavy atom. The lowest BCUT2D eigenvalue weighted by Gasteiger charge is -2.12. The summed E-state index contributed by atoms with van der Waals surface area (Å²) in [6.07, 6.45) is 6.29. The molecule has 0 radical (unpaired) electrons. The maximum Gasteiger partial charge on any atom is 0.157 e. The van der Waals surface area contributed by atoms with Gasteiger partial charge >= 0.3 is 0 Å². The van der Waals surface area contributed by atoms with Gasteiger partial charge in [0.25, 0.3) is 0 Å². The molecule has 0 aliphatic carbocycles. The minimum absolute atomic E-state index is 0.925. The molecule has 3 rings (SSSR count). The molecule has 1 aliphatic rings. The summed E-state index contributed by atoms with van der Waals surface area (Å²) < 4.78 is 1.83. The van der Waals surface area contributed by atoms with E-state index in [1.54, 1.807) is 6.20 Å². The van der Waals surface area contributed by atoms with Crippen LogP contribution >= 0.6 is 0 Å². The van der Waals surface area contributed by atoms with Gasteiger partial charge in [0.2, 0.25) is 0 Å². The first-order valence-electron chi connectivity index (χ1n) is 4.99. The number of hydrogen-bond donors (Lipinski definition) is 0. The van der Waals surface area contributed by atoms with E-state index >= 15 is 0 Å². The van der Waals surface area contributed by atoms with Crippen LogP contribution in [0.2, 0.25) is 0 Å². The van der Waals surface area contributed by atoms with Crippen molar-refractivity contribution in [2.45, 2.75) is 12.8 Å². The molecule has 4 nitrogen and oxygen atoms in total. The van der Waals surface area contributed by atoms with E-state index in [1.165, 1.54) is 12.8 Å². The zero-order chi connectivity index (χ0) is 9.38. The van der Waals surface area contributed by atoms with E-state index in [4.69, 9.17) is 0 Å². The number of fused-ring (bicyclic) bond motifs is 1. The highest BCUT2D eigenvalue weighted by Crippen LogP contribution is 2.18. The van der Waals surface area contributed by atoms with Gasteiger partial charge in [0.1, 0.15) is 0 Å². The van der Waals surface area contributed by atoms with Gasteiger partial charge in [-0.15, -0.1) is 5.10 Å². The Bertz CT molecular complexity index is 409. The third-order valence-corrected chi connectivity index (χ3v) is 2.65. The molecule has 0 amide bonds. The van der Waals surface area contributed by atoms with Gasteiger partial charge in [-0.1, -0.05) is 0 Å². The Kier molecular flexibility index (Phi) is 1.65. The van der Waals surface area contributed by atoms with E-state index < -0.39 is 0 Å². The van der Waals surface area contributed by atoms with Crippen molar-refractivity contribution in [3.8, 4) is 0 Å². The molecule has 0 atom stereocenters. The lowest BCUT2D eigenvalue weighted by Crippen LogP contribution is -2.17. The molecule has 0 bridgehead atoms. The van der Waals surface area contributed by atoms with E-state index in [1.807, 2.05) is 22.8 Å². The van der Waals surface area contributed by atoms with E-state index in [0.717, 1.165) is 24.6 Å². The zero-order valence-electron chi connectivity index (χ0n) is 7.93. The number of aromatic nitrogens is 3. The summed E-state index contributed by atoms with van der Waals surface area (Å²) in [6, 6.07) is 3.94. The molecule has 4 heteroatoms. The van der Waals surface area contributed by atoms with Gasteiger partial charge in [-0.3, -0.25) is 0 Å². The Balaban J connectivity index is 2.05. The van der Waals surface area contributed by atoms with Gasteiger partial charge in [0.15, 0.2) is 11.5 Å². The summed E-state index contributed by atoms with van der Waals surface area (Å²) >= 11 is 0. The van der Waals surface area contributed by atoms with E-state index in [2.05, 4.69) is 15.0 Å². The fraction of sp³-hybridized carbons (Fsp3) is 0.400. The SMILES string of the molecule is c1cnc2cc(N3CCCC3)nn2c1. The lowest BCUT2D eigenvalue weighted by molar-refractivity contribution is 0.878. The average Bonchev–Trinajstić information content (AvgIpc) is 2.86. The van der Waals surface area contributed by atoms with E-state index in [0.29, 0.717) is 0 Å². The molecular formula is C10H12N4. The number of rotatable bonds is 1. The van der Waals surface area contributed by atoms with Gasteiger partial charge in [-0.05, 0) is 18.9 Å². The molecule has 0 unspecified atom stereocenters. The number of anilines is 1. The van der Waals surface area contributed by atoms with Gasteiger partial charge in [0.05, 0.1) is 0 Å². The number of nitrogens with zero attached hydrogens (tertiary/aromatic N) is 4. The quantitative estimate of drug-likeness (QED) is 0.677. The molecule has 2 aromatic rings. The minimum atomic E-state index is 0.925. The van der Waals surface area contributed by atoms with Gasteiger partial charge < -0.3 is 4.90 Å². The summed E-state index contributed by atoms with van der Waals surface area (Å²) in [4.78, 5) is 6.56. The molecule has 0 aromatic carbocycles. The minimum Gasteiger partial charge on any atom is -0.355 e. The van der Waals surface area contributed by atoms with Crippen LogP contribution in [0.5, 0.6) is 0 Å². The maximum absolute atomic E-state index is 4.47. The average molecular weight is 188 g/mol.